The van der Waals surface area contributed by atoms with Crippen molar-refractivity contribution in [3.05, 3.63) is 10.6 Å². The number of anilines is 1. The van der Waals surface area contributed by atoms with E-state index in [1.54, 1.807) is 0 Å². The molecule has 2 rings (SSSR count). The molecule has 0 fully saturated rings. The molecule has 0 saturated carbocycles. The normalized spacial score (nSPS) is 15.8. The van der Waals surface area contributed by atoms with Crippen LogP contribution in [0.4, 0.5) is 5.13 Å². The van der Waals surface area contributed by atoms with Gasteiger partial charge in [-0.05, 0) is 25.7 Å². The number of carboxylic acid groups (broad SMARTS) is 1. The molecule has 0 bridgehead atoms. The zero-order chi connectivity index (χ0) is 16.5. The predicted molar refractivity (Wildman–Crippen MR) is 85.3 cm³/mol. The number of hydrogen-bond donors (Lipinski definition) is 5. The Hall–Kier alpha value is -2.16. The summed E-state index contributed by atoms with van der Waals surface area (Å²) in [5, 5.41) is 20.3. The molecule has 0 saturated heterocycles. The fourth-order valence-corrected chi connectivity index (χ4v) is 3.29. The molecule has 0 spiro atoms. The maximum Gasteiger partial charge on any atom is 0.290 e. The third kappa shape index (κ3) is 4.99. The molecule has 1 aliphatic carbocycles. The second-order valence-electron chi connectivity index (χ2n) is 4.71. The number of nitrogens with one attached hydrogen (secondary N) is 3. The van der Waals surface area contributed by atoms with Gasteiger partial charge in [0, 0.05) is 11.4 Å². The second kappa shape index (κ2) is 8.98. The molecule has 1 aromatic heterocycles. The first-order valence-corrected chi connectivity index (χ1v) is 7.81. The highest BCUT2D eigenvalue weighted by Gasteiger charge is 2.30. The van der Waals surface area contributed by atoms with E-state index >= 15 is 0 Å². The first-order chi connectivity index (χ1) is 10.5. The lowest BCUT2D eigenvalue weighted by Crippen LogP contribution is -2.31. The third-order valence-corrected chi connectivity index (χ3v) is 4.11. The van der Waals surface area contributed by atoms with Crippen LogP contribution in [-0.4, -0.2) is 35.0 Å². The molecule has 0 aromatic carbocycles. The molecule has 8 nitrogen and oxygen atoms in total. The Labute approximate surface area is 132 Å². The Kier molecular flexibility index (Phi) is 7.30. The fraction of sp³-hybridized carbons (Fsp3) is 0.538. The van der Waals surface area contributed by atoms with E-state index in [0.29, 0.717) is 11.7 Å². The minimum Gasteiger partial charge on any atom is -0.483 e. The molecule has 6 N–H and O–H groups in total. The van der Waals surface area contributed by atoms with Gasteiger partial charge in [0.1, 0.15) is 0 Å². The minimum absolute atomic E-state index is 0.0578. The molecule has 1 atom stereocenters. The molecular formula is C13H21N5O3S. The van der Waals surface area contributed by atoms with Crippen LogP contribution in [0.5, 0.6) is 0 Å². The van der Waals surface area contributed by atoms with Gasteiger partial charge in [-0.1, -0.05) is 6.92 Å². The highest BCUT2D eigenvalue weighted by atomic mass is 32.1. The number of thiazole rings is 1. The Bertz CT molecular complexity index is 532. The van der Waals surface area contributed by atoms with Crippen LogP contribution in [0.3, 0.4) is 0 Å². The van der Waals surface area contributed by atoms with E-state index < -0.39 is 0 Å². The lowest BCUT2D eigenvalue weighted by atomic mass is 9.90. The third-order valence-electron chi connectivity index (χ3n) is 3.06. The van der Waals surface area contributed by atoms with Gasteiger partial charge in [0.05, 0.1) is 11.6 Å². The Morgan fingerprint density at radius 2 is 2.32 bits per heavy atom. The van der Waals surface area contributed by atoms with Crippen molar-refractivity contribution in [3.63, 3.8) is 0 Å². The first kappa shape index (κ1) is 17.9. The van der Waals surface area contributed by atoms with Crippen LogP contribution in [0.15, 0.2) is 0 Å². The lowest BCUT2D eigenvalue weighted by Gasteiger charge is -2.20. The predicted octanol–water partition coefficient (Wildman–Crippen LogP) is 1.10. The molecule has 1 aromatic rings. The van der Waals surface area contributed by atoms with Crippen LogP contribution in [0.2, 0.25) is 0 Å². The van der Waals surface area contributed by atoms with E-state index in [1.165, 1.54) is 11.3 Å². The molecule has 1 aliphatic rings. The van der Waals surface area contributed by atoms with Crippen molar-refractivity contribution in [2.45, 2.75) is 38.5 Å². The topological polar surface area (TPSA) is 141 Å². The number of fused-ring (bicyclic) bond motifs is 1. The van der Waals surface area contributed by atoms with Crippen LogP contribution in [0, 0.1) is 5.41 Å². The monoisotopic (exact) mass is 327 g/mol. The fourth-order valence-electron chi connectivity index (χ4n) is 2.21. The van der Waals surface area contributed by atoms with E-state index in [0.717, 1.165) is 36.3 Å². The average Bonchev–Trinajstić information content (AvgIpc) is 2.86. The van der Waals surface area contributed by atoms with Crippen molar-refractivity contribution in [2.24, 2.45) is 5.73 Å². The van der Waals surface area contributed by atoms with Crippen LogP contribution in [-0.2, 0) is 16.0 Å². The highest BCUT2D eigenvalue weighted by molar-refractivity contribution is 7.15. The SMILES string of the molecule is CCCNC(=O)C1CCCc2sc(NC(=N)N)nc21.O=CO. The molecule has 1 amide bonds. The number of aromatic nitrogens is 1. The highest BCUT2D eigenvalue weighted by Crippen LogP contribution is 2.36. The molecule has 0 aliphatic heterocycles. The van der Waals surface area contributed by atoms with Crippen molar-refractivity contribution in [2.75, 3.05) is 11.9 Å². The lowest BCUT2D eigenvalue weighted by molar-refractivity contribution is -0.123. The van der Waals surface area contributed by atoms with E-state index in [-0.39, 0.29) is 24.3 Å². The van der Waals surface area contributed by atoms with E-state index in [1.807, 2.05) is 6.92 Å². The van der Waals surface area contributed by atoms with E-state index in [9.17, 15) is 4.79 Å². The second-order valence-corrected chi connectivity index (χ2v) is 5.79. The molecule has 22 heavy (non-hydrogen) atoms. The van der Waals surface area contributed by atoms with Gasteiger partial charge in [-0.2, -0.15) is 0 Å². The van der Waals surface area contributed by atoms with Gasteiger partial charge >= 0.3 is 0 Å². The molecule has 1 unspecified atom stereocenters. The summed E-state index contributed by atoms with van der Waals surface area (Å²) in [4.78, 5) is 26.0. The van der Waals surface area contributed by atoms with E-state index in [2.05, 4.69) is 15.6 Å². The quantitative estimate of drug-likeness (QED) is 0.318. The smallest absolute Gasteiger partial charge is 0.290 e. The van der Waals surface area contributed by atoms with Crippen LogP contribution >= 0.6 is 11.3 Å². The number of hydrogen-bond acceptors (Lipinski definition) is 5. The molecule has 122 valence electrons. The molecule has 1 heterocycles. The maximum absolute atomic E-state index is 12.1. The summed E-state index contributed by atoms with van der Waals surface area (Å²) < 4.78 is 0. The summed E-state index contributed by atoms with van der Waals surface area (Å²) in [6.07, 6.45) is 3.72. The van der Waals surface area contributed by atoms with Gasteiger partial charge in [-0.15, -0.1) is 11.3 Å². The van der Waals surface area contributed by atoms with Gasteiger partial charge in [0.25, 0.3) is 6.47 Å². The van der Waals surface area contributed by atoms with Crippen molar-refractivity contribution in [1.82, 2.24) is 10.3 Å². The summed E-state index contributed by atoms with van der Waals surface area (Å²) in [7, 11) is 0. The van der Waals surface area contributed by atoms with Crippen molar-refractivity contribution in [3.8, 4) is 0 Å². The molecule has 9 heteroatoms. The summed E-state index contributed by atoms with van der Waals surface area (Å²) in [5.41, 5.74) is 6.16. The average molecular weight is 327 g/mol. The van der Waals surface area contributed by atoms with Crippen LogP contribution < -0.4 is 16.4 Å². The van der Waals surface area contributed by atoms with Gasteiger partial charge < -0.3 is 21.5 Å². The minimum atomic E-state index is -0.250. The maximum atomic E-state index is 12.1. The number of carbonyl (C=O) groups is 2. The Balaban J connectivity index is 0.000000745. The Morgan fingerprint density at radius 3 is 2.91 bits per heavy atom. The van der Waals surface area contributed by atoms with Crippen molar-refractivity contribution >= 4 is 34.8 Å². The van der Waals surface area contributed by atoms with Gasteiger partial charge in [0.15, 0.2) is 11.1 Å². The molecule has 0 radical (unpaired) electrons. The summed E-state index contributed by atoms with van der Waals surface area (Å²) in [6, 6.07) is 0. The number of amides is 1. The number of nitrogens with two attached hydrogens (primary N) is 1. The number of nitrogens with zero attached hydrogens (tertiary/aromatic N) is 1. The van der Waals surface area contributed by atoms with Gasteiger partial charge in [0.2, 0.25) is 5.91 Å². The molecular weight excluding hydrogens is 306 g/mol. The first-order valence-electron chi connectivity index (χ1n) is 6.99. The van der Waals surface area contributed by atoms with Crippen molar-refractivity contribution < 1.29 is 14.7 Å². The van der Waals surface area contributed by atoms with Crippen molar-refractivity contribution in [1.29, 1.82) is 5.41 Å². The number of rotatable bonds is 4. The summed E-state index contributed by atoms with van der Waals surface area (Å²) in [5.74, 6) is -0.227. The van der Waals surface area contributed by atoms with E-state index in [4.69, 9.17) is 21.0 Å². The zero-order valence-corrected chi connectivity index (χ0v) is 13.2. The standard InChI is InChI=1S/C12H19N5OS.CH2O2/c1-2-6-15-10(18)7-4-3-5-8-9(7)16-12(19-8)17-11(13)14;2-1-3/h7H,2-6H2,1H3,(H,15,18)(H4,13,14,16,17);1H,(H,2,3). The van der Waals surface area contributed by atoms with Gasteiger partial charge in [-0.3, -0.25) is 15.0 Å². The summed E-state index contributed by atoms with van der Waals surface area (Å²) in [6.45, 7) is 2.48. The summed E-state index contributed by atoms with van der Waals surface area (Å²) >= 11 is 1.49. The zero-order valence-electron chi connectivity index (χ0n) is 12.4. The Morgan fingerprint density at radius 1 is 1.64 bits per heavy atom. The number of carbonyl (C=O) groups excluding carboxylic acids is 1. The largest absolute Gasteiger partial charge is 0.483 e. The van der Waals surface area contributed by atoms with Crippen LogP contribution in [0.25, 0.3) is 0 Å². The van der Waals surface area contributed by atoms with Gasteiger partial charge in [-0.25, -0.2) is 4.98 Å². The number of guanidine groups is 1. The van der Waals surface area contributed by atoms with Crippen LogP contribution in [0.1, 0.15) is 42.7 Å². The number of aryl methyl sites for hydroxylation is 1.